The van der Waals surface area contributed by atoms with E-state index in [0.29, 0.717) is 16.5 Å². The maximum absolute atomic E-state index is 5.99. The Balaban J connectivity index is 2.11. The van der Waals surface area contributed by atoms with Gasteiger partial charge in [-0.3, -0.25) is 0 Å². The van der Waals surface area contributed by atoms with Crippen LogP contribution in [0.1, 0.15) is 0 Å². The van der Waals surface area contributed by atoms with Crippen LogP contribution in [0.5, 0.6) is 0 Å². The molecule has 2 N–H and O–H groups in total. The number of nitrogens with zero attached hydrogens (tertiary/aromatic N) is 3. The maximum Gasteiger partial charge on any atom is 0.191 e. The van der Waals surface area contributed by atoms with Crippen molar-refractivity contribution in [3.63, 3.8) is 0 Å². The lowest BCUT2D eigenvalue weighted by atomic mass is 10.1. The Kier molecular flexibility index (Phi) is 3.00. The first-order valence-electron chi connectivity index (χ1n) is 5.65. The Bertz CT molecular complexity index is 718. The Labute approximate surface area is 119 Å². The minimum atomic E-state index is 0.598. The number of rotatable bonds is 2. The fourth-order valence-electron chi connectivity index (χ4n) is 1.87. The number of halogens is 1. The zero-order valence-corrected chi connectivity index (χ0v) is 11.7. The maximum atomic E-state index is 5.99. The van der Waals surface area contributed by atoms with E-state index in [9.17, 15) is 0 Å². The van der Waals surface area contributed by atoms with Crippen LogP contribution in [0.25, 0.3) is 22.1 Å². The molecule has 0 bridgehead atoms. The average Bonchev–Trinajstić information content (AvgIpc) is 2.98. The molecule has 6 heteroatoms. The van der Waals surface area contributed by atoms with Crippen LogP contribution in [0.2, 0.25) is 5.02 Å². The fraction of sp³-hybridized carbons (Fsp3) is 0.0769. The van der Waals surface area contributed by atoms with Crippen molar-refractivity contribution in [3.05, 3.63) is 40.7 Å². The van der Waals surface area contributed by atoms with Crippen LogP contribution in [0.15, 0.2) is 35.7 Å². The van der Waals surface area contributed by atoms with Crippen molar-refractivity contribution in [2.45, 2.75) is 0 Å². The van der Waals surface area contributed by atoms with Gasteiger partial charge >= 0.3 is 0 Å². The van der Waals surface area contributed by atoms with Gasteiger partial charge in [0.15, 0.2) is 11.6 Å². The third kappa shape index (κ3) is 2.22. The molecule has 2 aromatic heterocycles. The van der Waals surface area contributed by atoms with Crippen LogP contribution >= 0.6 is 22.9 Å². The number of benzene rings is 1. The van der Waals surface area contributed by atoms with Crippen LogP contribution in [-0.4, -0.2) is 14.8 Å². The molecular weight excluding hydrogens is 280 g/mol. The quantitative estimate of drug-likeness (QED) is 0.736. The summed E-state index contributed by atoms with van der Waals surface area (Å²) in [6, 6.07) is 9.35. The van der Waals surface area contributed by atoms with Crippen LogP contribution in [0.4, 0.5) is 5.69 Å². The molecule has 0 aliphatic heterocycles. The number of anilines is 1. The highest BCUT2D eigenvalue weighted by atomic mass is 35.5. The Hall–Kier alpha value is -1.85. The van der Waals surface area contributed by atoms with E-state index < -0.39 is 0 Å². The lowest BCUT2D eigenvalue weighted by molar-refractivity contribution is 0.778. The zero-order chi connectivity index (χ0) is 13.4. The van der Waals surface area contributed by atoms with Gasteiger partial charge in [-0.2, -0.15) is 0 Å². The molecule has 19 heavy (non-hydrogen) atoms. The summed E-state index contributed by atoms with van der Waals surface area (Å²) < 4.78 is 1.73. The molecule has 0 atom stereocenters. The van der Waals surface area contributed by atoms with Crippen molar-refractivity contribution in [1.29, 1.82) is 0 Å². The Morgan fingerprint density at radius 1 is 1.32 bits per heavy atom. The summed E-state index contributed by atoms with van der Waals surface area (Å²) in [5.41, 5.74) is 7.42. The Morgan fingerprint density at radius 2 is 2.16 bits per heavy atom. The van der Waals surface area contributed by atoms with Crippen molar-refractivity contribution in [2.75, 3.05) is 5.73 Å². The topological polar surface area (TPSA) is 56.7 Å². The van der Waals surface area contributed by atoms with Gasteiger partial charge in [-0.1, -0.05) is 17.7 Å². The van der Waals surface area contributed by atoms with Gasteiger partial charge in [0.05, 0.1) is 4.88 Å². The summed E-state index contributed by atoms with van der Waals surface area (Å²) in [5, 5.41) is 7.04. The van der Waals surface area contributed by atoms with Gasteiger partial charge in [-0.15, -0.1) is 16.4 Å². The van der Waals surface area contributed by atoms with Gasteiger partial charge in [0.25, 0.3) is 0 Å². The van der Waals surface area contributed by atoms with E-state index in [1.54, 1.807) is 28.2 Å². The first-order chi connectivity index (χ1) is 9.15. The Morgan fingerprint density at radius 3 is 2.84 bits per heavy atom. The number of aryl methyl sites for hydroxylation is 1. The summed E-state index contributed by atoms with van der Waals surface area (Å²) >= 11 is 7.52. The lowest BCUT2D eigenvalue weighted by Crippen LogP contribution is -1.97. The fourth-order valence-corrected chi connectivity index (χ4v) is 2.70. The number of thiophene rings is 1. The smallest absolute Gasteiger partial charge is 0.191 e. The molecule has 0 unspecified atom stereocenters. The largest absolute Gasteiger partial charge is 0.398 e. The second kappa shape index (κ2) is 4.68. The van der Waals surface area contributed by atoms with E-state index in [1.165, 1.54) is 0 Å². The number of nitrogen functional groups attached to an aromatic ring is 1. The van der Waals surface area contributed by atoms with Gasteiger partial charge in [0.2, 0.25) is 0 Å². The molecule has 0 aliphatic rings. The molecule has 0 amide bonds. The van der Waals surface area contributed by atoms with Gasteiger partial charge < -0.3 is 5.73 Å². The molecule has 4 nitrogen and oxygen atoms in total. The predicted octanol–water partition coefficient (Wildman–Crippen LogP) is 3.45. The molecule has 0 spiro atoms. The molecule has 0 saturated carbocycles. The average molecular weight is 291 g/mol. The third-order valence-electron chi connectivity index (χ3n) is 2.76. The highest BCUT2D eigenvalue weighted by Gasteiger charge is 2.14. The van der Waals surface area contributed by atoms with E-state index in [1.807, 2.05) is 30.6 Å². The SMILES string of the molecule is Cn1nc(-c2cccs2)nc1-c1ccc(Cl)cc1N. The number of hydrogen-bond donors (Lipinski definition) is 1. The second-order valence-corrected chi connectivity index (χ2v) is 5.48. The van der Waals surface area contributed by atoms with Crippen molar-refractivity contribution < 1.29 is 0 Å². The molecule has 0 saturated heterocycles. The van der Waals surface area contributed by atoms with Gasteiger partial charge in [-0.05, 0) is 29.6 Å². The minimum absolute atomic E-state index is 0.598. The molecule has 0 radical (unpaired) electrons. The first-order valence-corrected chi connectivity index (χ1v) is 6.91. The summed E-state index contributed by atoms with van der Waals surface area (Å²) in [7, 11) is 1.85. The van der Waals surface area contributed by atoms with Gasteiger partial charge in [0, 0.05) is 23.3 Å². The monoisotopic (exact) mass is 290 g/mol. The van der Waals surface area contributed by atoms with Crippen LogP contribution in [0, 0.1) is 0 Å². The van der Waals surface area contributed by atoms with Crippen molar-refractivity contribution in [3.8, 4) is 22.1 Å². The van der Waals surface area contributed by atoms with Crippen LogP contribution < -0.4 is 5.73 Å². The summed E-state index contributed by atoms with van der Waals surface area (Å²) in [4.78, 5) is 5.59. The molecule has 0 aliphatic carbocycles. The van der Waals surface area contributed by atoms with Crippen molar-refractivity contribution in [1.82, 2.24) is 14.8 Å². The van der Waals surface area contributed by atoms with E-state index in [2.05, 4.69) is 10.1 Å². The highest BCUT2D eigenvalue weighted by Crippen LogP contribution is 2.29. The zero-order valence-electron chi connectivity index (χ0n) is 10.2. The predicted molar refractivity (Wildman–Crippen MR) is 79.2 cm³/mol. The summed E-state index contributed by atoms with van der Waals surface area (Å²) in [6.45, 7) is 0. The lowest BCUT2D eigenvalue weighted by Gasteiger charge is -2.04. The summed E-state index contributed by atoms with van der Waals surface area (Å²) in [5.74, 6) is 1.44. The summed E-state index contributed by atoms with van der Waals surface area (Å²) in [6.07, 6.45) is 0. The number of aromatic nitrogens is 3. The molecule has 3 aromatic rings. The van der Waals surface area contributed by atoms with Crippen LogP contribution in [-0.2, 0) is 7.05 Å². The van der Waals surface area contributed by atoms with E-state index in [0.717, 1.165) is 16.3 Å². The normalized spacial score (nSPS) is 10.8. The molecule has 3 rings (SSSR count). The number of nitrogens with two attached hydrogens (primary N) is 1. The molecule has 1 aromatic carbocycles. The molecule has 2 heterocycles. The van der Waals surface area contributed by atoms with Crippen molar-refractivity contribution >= 4 is 28.6 Å². The van der Waals surface area contributed by atoms with Crippen molar-refractivity contribution in [2.24, 2.45) is 7.05 Å². The standard InChI is InChI=1S/C13H11ClN4S/c1-18-13(9-5-4-8(14)7-10(9)15)16-12(17-18)11-3-2-6-19-11/h2-7H,15H2,1H3. The van der Waals surface area contributed by atoms with E-state index >= 15 is 0 Å². The first kappa shape index (κ1) is 12.2. The molecule has 96 valence electrons. The molecule has 0 fully saturated rings. The highest BCUT2D eigenvalue weighted by molar-refractivity contribution is 7.13. The molecular formula is C13H11ClN4S. The van der Waals surface area contributed by atoms with Crippen LogP contribution in [0.3, 0.4) is 0 Å². The van der Waals surface area contributed by atoms with Gasteiger partial charge in [-0.25, -0.2) is 9.67 Å². The second-order valence-electron chi connectivity index (χ2n) is 4.09. The number of hydrogen-bond acceptors (Lipinski definition) is 4. The van der Waals surface area contributed by atoms with E-state index in [-0.39, 0.29) is 0 Å². The minimum Gasteiger partial charge on any atom is -0.398 e. The van der Waals surface area contributed by atoms with E-state index in [4.69, 9.17) is 17.3 Å². The van der Waals surface area contributed by atoms with Gasteiger partial charge in [0.1, 0.15) is 0 Å². The third-order valence-corrected chi connectivity index (χ3v) is 3.86.